The minimum Gasteiger partial charge on any atom is -0.466 e. The number of nitrogens with zero attached hydrogens (tertiary/aromatic N) is 4. The number of aryl methyl sites for hydroxylation is 2. The molecule has 1 amide bonds. The van der Waals surface area contributed by atoms with Gasteiger partial charge in [-0.1, -0.05) is 12.1 Å². The van der Waals surface area contributed by atoms with Crippen LogP contribution in [0.25, 0.3) is 10.8 Å². The third-order valence-corrected chi connectivity index (χ3v) is 6.54. The van der Waals surface area contributed by atoms with Gasteiger partial charge in [0.2, 0.25) is 5.91 Å². The van der Waals surface area contributed by atoms with Crippen LogP contribution in [0.5, 0.6) is 0 Å². The minimum atomic E-state index is -0.338. The lowest BCUT2D eigenvalue weighted by Gasteiger charge is -2.31. The fraction of sp³-hybridized carbons (Fsp3) is 0.440. The van der Waals surface area contributed by atoms with E-state index in [0.717, 1.165) is 22.3 Å². The lowest BCUT2D eigenvalue weighted by molar-refractivity contribution is -0.151. The predicted molar refractivity (Wildman–Crippen MR) is 125 cm³/mol. The summed E-state index contributed by atoms with van der Waals surface area (Å²) >= 11 is 0. The number of aromatic nitrogens is 3. The highest BCUT2D eigenvalue weighted by molar-refractivity contribution is 5.87. The molecule has 0 N–H and O–H groups in total. The Kier molecular flexibility index (Phi) is 6.81. The summed E-state index contributed by atoms with van der Waals surface area (Å²) in [5, 5.41) is 5.51. The minimum absolute atomic E-state index is 0.189. The van der Waals surface area contributed by atoms with E-state index in [-0.39, 0.29) is 35.7 Å². The van der Waals surface area contributed by atoms with E-state index in [9.17, 15) is 18.8 Å². The zero-order valence-corrected chi connectivity index (χ0v) is 19.7. The number of carbonyl (C=O) groups excluding carboxylic acids is 2. The van der Waals surface area contributed by atoms with Gasteiger partial charge in [-0.3, -0.25) is 14.4 Å². The van der Waals surface area contributed by atoms with Crippen LogP contribution in [-0.2, 0) is 27.4 Å². The van der Waals surface area contributed by atoms with Gasteiger partial charge >= 0.3 is 5.97 Å². The van der Waals surface area contributed by atoms with Crippen LogP contribution >= 0.6 is 0 Å². The van der Waals surface area contributed by atoms with E-state index >= 15 is 0 Å². The molecule has 1 aliphatic heterocycles. The van der Waals surface area contributed by atoms with Crippen molar-refractivity contribution in [2.75, 3.05) is 19.7 Å². The van der Waals surface area contributed by atoms with Gasteiger partial charge in [0, 0.05) is 36.4 Å². The van der Waals surface area contributed by atoms with Crippen LogP contribution in [0.3, 0.4) is 0 Å². The fourth-order valence-electron chi connectivity index (χ4n) is 4.65. The Balaban J connectivity index is 1.57. The van der Waals surface area contributed by atoms with E-state index < -0.39 is 0 Å². The van der Waals surface area contributed by atoms with Gasteiger partial charge in [-0.15, -0.1) is 0 Å². The summed E-state index contributed by atoms with van der Waals surface area (Å²) in [6, 6.07) is 6.26. The number of fused-ring (bicyclic) bond motifs is 1. The Morgan fingerprint density at radius 1 is 1.18 bits per heavy atom. The maximum absolute atomic E-state index is 13.3. The number of rotatable bonds is 6. The maximum atomic E-state index is 13.3. The molecule has 1 saturated heterocycles. The third kappa shape index (κ3) is 4.60. The number of amides is 1. The second-order valence-electron chi connectivity index (χ2n) is 8.71. The van der Waals surface area contributed by atoms with E-state index in [1.54, 1.807) is 30.2 Å². The first-order valence-electron chi connectivity index (χ1n) is 11.5. The van der Waals surface area contributed by atoms with Crippen molar-refractivity contribution >= 4 is 22.6 Å². The number of carbonyl (C=O) groups is 2. The van der Waals surface area contributed by atoms with E-state index in [1.165, 1.54) is 16.8 Å². The molecule has 9 heteroatoms. The van der Waals surface area contributed by atoms with Crippen LogP contribution < -0.4 is 5.56 Å². The second kappa shape index (κ2) is 9.79. The van der Waals surface area contributed by atoms with Gasteiger partial charge in [-0.2, -0.15) is 5.10 Å². The number of benzene rings is 1. The SMILES string of the molecule is CCOC(=O)[C@H]1CCCN(C(=O)Cn2ncc3c(C)n(Cc4ccc(F)cc4)c(C)c3c2=O)C1. The maximum Gasteiger partial charge on any atom is 0.310 e. The Morgan fingerprint density at radius 2 is 1.91 bits per heavy atom. The molecule has 3 heterocycles. The molecule has 0 unspecified atom stereocenters. The summed E-state index contributed by atoms with van der Waals surface area (Å²) in [6.45, 7) is 6.98. The van der Waals surface area contributed by atoms with Crippen molar-refractivity contribution in [3.8, 4) is 0 Å². The number of hydrogen-bond donors (Lipinski definition) is 0. The molecule has 4 rings (SSSR count). The molecule has 180 valence electrons. The summed E-state index contributed by atoms with van der Waals surface area (Å²) in [5.74, 6) is -1.17. The molecule has 2 aromatic heterocycles. The van der Waals surface area contributed by atoms with Crippen molar-refractivity contribution < 1.29 is 18.7 Å². The van der Waals surface area contributed by atoms with E-state index in [4.69, 9.17) is 4.74 Å². The average molecular weight is 469 g/mol. The van der Waals surface area contributed by atoms with Crippen molar-refractivity contribution in [2.45, 2.75) is 46.7 Å². The van der Waals surface area contributed by atoms with E-state index in [1.807, 2.05) is 18.4 Å². The molecule has 0 saturated carbocycles. The largest absolute Gasteiger partial charge is 0.466 e. The van der Waals surface area contributed by atoms with E-state index in [0.29, 0.717) is 44.5 Å². The highest BCUT2D eigenvalue weighted by atomic mass is 19.1. The van der Waals surface area contributed by atoms with Crippen LogP contribution in [0, 0.1) is 25.6 Å². The van der Waals surface area contributed by atoms with Crippen molar-refractivity contribution in [1.29, 1.82) is 0 Å². The molecule has 1 atom stereocenters. The van der Waals surface area contributed by atoms with E-state index in [2.05, 4.69) is 5.10 Å². The summed E-state index contributed by atoms with van der Waals surface area (Å²) in [7, 11) is 0. The smallest absolute Gasteiger partial charge is 0.310 e. The highest BCUT2D eigenvalue weighted by Crippen LogP contribution is 2.23. The normalized spacial score (nSPS) is 16.1. The molecule has 1 aromatic carbocycles. The number of esters is 1. The molecule has 34 heavy (non-hydrogen) atoms. The van der Waals surface area contributed by atoms with Crippen LogP contribution in [0.1, 0.15) is 36.7 Å². The Bertz CT molecular complexity index is 1280. The summed E-state index contributed by atoms with van der Waals surface area (Å²) in [5.41, 5.74) is 2.24. The number of ether oxygens (including phenoxy) is 1. The van der Waals surface area contributed by atoms with Gasteiger partial charge in [-0.05, 0) is 51.3 Å². The number of hydrogen-bond acceptors (Lipinski definition) is 5. The standard InChI is InChI=1S/C25H29FN4O4/c1-4-34-25(33)19-6-5-11-28(14-19)22(31)15-30-24(32)23-17(3)29(16(2)21(23)12-27-30)13-18-7-9-20(26)10-8-18/h7-10,12,19H,4-6,11,13-15H2,1-3H3/t19-/m0/s1. The van der Waals surface area contributed by atoms with Gasteiger partial charge in [0.1, 0.15) is 12.4 Å². The first-order chi connectivity index (χ1) is 16.3. The second-order valence-corrected chi connectivity index (χ2v) is 8.71. The summed E-state index contributed by atoms with van der Waals surface area (Å²) < 4.78 is 21.6. The molecule has 8 nitrogen and oxygen atoms in total. The van der Waals surface area contributed by atoms with Gasteiger partial charge in [-0.25, -0.2) is 9.07 Å². The molecule has 1 aliphatic rings. The third-order valence-electron chi connectivity index (χ3n) is 6.54. The fourth-order valence-corrected chi connectivity index (χ4v) is 4.65. The molecular formula is C25H29FN4O4. The zero-order chi connectivity index (χ0) is 24.4. The van der Waals surface area contributed by atoms with Gasteiger partial charge < -0.3 is 14.2 Å². The lowest BCUT2D eigenvalue weighted by atomic mass is 9.98. The van der Waals surface area contributed by atoms with Crippen LogP contribution in [0.2, 0.25) is 0 Å². The van der Waals surface area contributed by atoms with Crippen molar-refractivity contribution in [2.24, 2.45) is 5.92 Å². The van der Waals surface area contributed by atoms with Gasteiger partial charge in [0.25, 0.3) is 5.56 Å². The van der Waals surface area contributed by atoms with Crippen molar-refractivity contribution in [3.05, 3.63) is 63.6 Å². The number of likely N-dealkylation sites (tertiary alicyclic amines) is 1. The first-order valence-corrected chi connectivity index (χ1v) is 11.5. The molecule has 0 radical (unpaired) electrons. The topological polar surface area (TPSA) is 86.4 Å². The van der Waals surface area contributed by atoms with Crippen molar-refractivity contribution in [1.82, 2.24) is 19.2 Å². The summed E-state index contributed by atoms with van der Waals surface area (Å²) in [4.78, 5) is 39.9. The average Bonchev–Trinajstić information content (AvgIpc) is 3.07. The Hall–Kier alpha value is -3.49. The molecule has 0 aliphatic carbocycles. The first kappa shape index (κ1) is 23.7. The van der Waals surface area contributed by atoms with Crippen LogP contribution in [0.15, 0.2) is 35.3 Å². The Morgan fingerprint density at radius 3 is 2.62 bits per heavy atom. The number of halogens is 1. The molecule has 3 aromatic rings. The van der Waals surface area contributed by atoms with Gasteiger partial charge in [0.15, 0.2) is 0 Å². The highest BCUT2D eigenvalue weighted by Gasteiger charge is 2.29. The van der Waals surface area contributed by atoms with Gasteiger partial charge in [0.05, 0.1) is 24.1 Å². The predicted octanol–water partition coefficient (Wildman–Crippen LogP) is 2.80. The summed E-state index contributed by atoms with van der Waals surface area (Å²) in [6.07, 6.45) is 3.01. The molecule has 1 fully saturated rings. The lowest BCUT2D eigenvalue weighted by Crippen LogP contribution is -2.45. The Labute approximate surface area is 196 Å². The molecule has 0 spiro atoms. The molecular weight excluding hydrogens is 439 g/mol. The van der Waals surface area contributed by atoms with Crippen LogP contribution in [-0.4, -0.2) is 50.8 Å². The number of piperidine rings is 1. The van der Waals surface area contributed by atoms with Crippen LogP contribution in [0.4, 0.5) is 4.39 Å². The quantitative estimate of drug-likeness (QED) is 0.520. The zero-order valence-electron chi connectivity index (χ0n) is 19.7. The molecule has 0 bridgehead atoms. The monoisotopic (exact) mass is 468 g/mol. The van der Waals surface area contributed by atoms with Crippen molar-refractivity contribution in [3.63, 3.8) is 0 Å².